The van der Waals surface area contributed by atoms with E-state index in [0.717, 1.165) is 11.0 Å². The molecule has 1 atom stereocenters. The Bertz CT molecular complexity index is 419. The summed E-state index contributed by atoms with van der Waals surface area (Å²) in [6.07, 6.45) is 0.449. The minimum atomic E-state index is -0.147. The predicted molar refractivity (Wildman–Crippen MR) is 66.8 cm³/mol. The molecule has 0 fully saturated rings. The van der Waals surface area contributed by atoms with Crippen LogP contribution in [0.15, 0.2) is 22.7 Å². The van der Waals surface area contributed by atoms with Crippen LogP contribution < -0.4 is 4.90 Å². The fourth-order valence-corrected chi connectivity index (χ4v) is 2.93. The van der Waals surface area contributed by atoms with Gasteiger partial charge in [-0.1, -0.05) is 12.1 Å². The van der Waals surface area contributed by atoms with Gasteiger partial charge in [0.05, 0.1) is 19.2 Å². The number of carbonyl (C=O) groups is 1. The molecule has 2 rings (SSSR count). The number of likely N-dealkylation sites (N-methyl/N-ethyl adjacent to an activating group) is 1. The molecule has 1 heterocycles. The smallest absolute Gasteiger partial charge is 0.306 e. The molecule has 86 valence electrons. The Morgan fingerprint density at radius 2 is 2.38 bits per heavy atom. The van der Waals surface area contributed by atoms with Gasteiger partial charge in [0, 0.05) is 24.0 Å². The van der Waals surface area contributed by atoms with E-state index in [0.29, 0.717) is 6.42 Å². The fraction of sp³-hybridized carbons (Fsp3) is 0.417. The van der Waals surface area contributed by atoms with Crippen molar-refractivity contribution in [1.82, 2.24) is 0 Å². The van der Waals surface area contributed by atoms with Crippen LogP contribution in [0.4, 0.5) is 5.69 Å². The number of carbonyl (C=O) groups excluding carboxylic acids is 1. The molecule has 1 unspecified atom stereocenters. The van der Waals surface area contributed by atoms with Gasteiger partial charge in [-0.15, -0.1) is 0 Å². The van der Waals surface area contributed by atoms with Crippen molar-refractivity contribution in [3.63, 3.8) is 0 Å². The summed E-state index contributed by atoms with van der Waals surface area (Å²) in [6.45, 7) is 0.868. The third kappa shape index (κ3) is 1.94. The summed E-state index contributed by atoms with van der Waals surface area (Å²) in [4.78, 5) is 13.5. The molecule has 0 aliphatic carbocycles. The van der Waals surface area contributed by atoms with Crippen molar-refractivity contribution in [1.29, 1.82) is 0 Å². The number of anilines is 1. The first-order valence-electron chi connectivity index (χ1n) is 5.20. The average molecular weight is 284 g/mol. The molecule has 16 heavy (non-hydrogen) atoms. The molecule has 0 spiro atoms. The first-order chi connectivity index (χ1) is 7.63. The molecule has 0 amide bonds. The first-order valence-corrected chi connectivity index (χ1v) is 5.99. The van der Waals surface area contributed by atoms with Crippen LogP contribution in [-0.4, -0.2) is 26.7 Å². The number of benzene rings is 1. The van der Waals surface area contributed by atoms with Crippen LogP contribution >= 0.6 is 15.9 Å². The standard InChI is InChI=1S/C12H14BrNO2/c1-14-7-8(6-11(15)16-2)9-4-3-5-10(13)12(9)14/h3-5,8H,6-7H2,1-2H3. The van der Waals surface area contributed by atoms with E-state index < -0.39 is 0 Å². The maximum absolute atomic E-state index is 11.3. The van der Waals surface area contributed by atoms with Gasteiger partial charge in [0.25, 0.3) is 0 Å². The second kappa shape index (κ2) is 4.45. The molecule has 0 bridgehead atoms. The number of ether oxygens (including phenoxy) is 1. The maximum atomic E-state index is 11.3. The number of fused-ring (bicyclic) bond motifs is 1. The minimum Gasteiger partial charge on any atom is -0.469 e. The summed E-state index contributed by atoms with van der Waals surface area (Å²) in [7, 11) is 3.48. The van der Waals surface area contributed by atoms with Crippen LogP contribution in [0.2, 0.25) is 0 Å². The van der Waals surface area contributed by atoms with Crippen LogP contribution in [0.1, 0.15) is 17.9 Å². The molecule has 1 aromatic carbocycles. The molecule has 1 aliphatic heterocycles. The number of nitrogens with zero attached hydrogens (tertiary/aromatic N) is 1. The molecule has 0 N–H and O–H groups in total. The van der Waals surface area contributed by atoms with Crippen molar-refractivity contribution in [2.45, 2.75) is 12.3 Å². The van der Waals surface area contributed by atoms with Crippen molar-refractivity contribution >= 4 is 27.6 Å². The van der Waals surface area contributed by atoms with Gasteiger partial charge in [-0.05, 0) is 27.6 Å². The van der Waals surface area contributed by atoms with Crippen LogP contribution in [0.3, 0.4) is 0 Å². The van der Waals surface area contributed by atoms with Crippen molar-refractivity contribution in [3.8, 4) is 0 Å². The number of esters is 1. The lowest BCUT2D eigenvalue weighted by atomic mass is 9.98. The lowest BCUT2D eigenvalue weighted by molar-refractivity contribution is -0.140. The quantitative estimate of drug-likeness (QED) is 0.782. The third-order valence-corrected chi connectivity index (χ3v) is 3.61. The molecular formula is C12H14BrNO2. The number of rotatable bonds is 2. The second-order valence-corrected chi connectivity index (χ2v) is 4.89. The largest absolute Gasteiger partial charge is 0.469 e. The average Bonchev–Trinajstić information content (AvgIpc) is 2.57. The molecule has 4 heteroatoms. The lowest BCUT2D eigenvalue weighted by Gasteiger charge is -2.13. The molecule has 0 aromatic heterocycles. The molecule has 0 saturated carbocycles. The molecule has 1 aliphatic rings. The maximum Gasteiger partial charge on any atom is 0.306 e. The van der Waals surface area contributed by atoms with Crippen LogP contribution in [0.25, 0.3) is 0 Å². The Hall–Kier alpha value is -1.03. The van der Waals surface area contributed by atoms with E-state index >= 15 is 0 Å². The van der Waals surface area contributed by atoms with Gasteiger partial charge in [-0.25, -0.2) is 0 Å². The number of hydrogen-bond acceptors (Lipinski definition) is 3. The summed E-state index contributed by atoms with van der Waals surface area (Å²) in [5.74, 6) is 0.0937. The highest BCUT2D eigenvalue weighted by Gasteiger charge is 2.29. The van der Waals surface area contributed by atoms with E-state index in [4.69, 9.17) is 4.74 Å². The monoisotopic (exact) mass is 283 g/mol. The van der Waals surface area contributed by atoms with Crippen LogP contribution in [0.5, 0.6) is 0 Å². The second-order valence-electron chi connectivity index (χ2n) is 4.04. The highest BCUT2D eigenvalue weighted by molar-refractivity contribution is 9.10. The zero-order chi connectivity index (χ0) is 11.7. The molecule has 3 nitrogen and oxygen atoms in total. The Morgan fingerprint density at radius 3 is 3.06 bits per heavy atom. The van der Waals surface area contributed by atoms with E-state index in [1.165, 1.54) is 18.4 Å². The highest BCUT2D eigenvalue weighted by Crippen LogP contribution is 2.41. The molecule has 1 aromatic rings. The molecule has 0 radical (unpaired) electrons. The van der Waals surface area contributed by atoms with E-state index in [-0.39, 0.29) is 11.9 Å². The van der Waals surface area contributed by atoms with Crippen molar-refractivity contribution in [2.24, 2.45) is 0 Å². The molecular weight excluding hydrogens is 270 g/mol. The number of methoxy groups -OCH3 is 1. The summed E-state index contributed by atoms with van der Waals surface area (Å²) in [5, 5.41) is 0. The van der Waals surface area contributed by atoms with Gasteiger partial charge >= 0.3 is 5.97 Å². The van der Waals surface area contributed by atoms with Gasteiger partial charge in [-0.3, -0.25) is 4.79 Å². The topological polar surface area (TPSA) is 29.5 Å². The summed E-state index contributed by atoms with van der Waals surface area (Å²) in [6, 6.07) is 6.11. The van der Waals surface area contributed by atoms with Crippen LogP contribution in [0, 0.1) is 0 Å². The fourth-order valence-electron chi connectivity index (χ4n) is 2.24. The summed E-state index contributed by atoms with van der Waals surface area (Å²) in [5.41, 5.74) is 2.42. The van der Waals surface area contributed by atoms with E-state index in [9.17, 15) is 4.79 Å². The zero-order valence-electron chi connectivity index (χ0n) is 9.37. The van der Waals surface area contributed by atoms with Crippen LogP contribution in [-0.2, 0) is 9.53 Å². The Labute approximate surface area is 104 Å². The minimum absolute atomic E-state index is 0.147. The highest BCUT2D eigenvalue weighted by atomic mass is 79.9. The number of para-hydroxylation sites is 1. The van der Waals surface area contributed by atoms with E-state index in [1.807, 2.05) is 19.2 Å². The lowest BCUT2D eigenvalue weighted by Crippen LogP contribution is -2.17. The Balaban J connectivity index is 2.29. The Kier molecular flexibility index (Phi) is 3.19. The van der Waals surface area contributed by atoms with E-state index in [2.05, 4.69) is 26.9 Å². The van der Waals surface area contributed by atoms with Gasteiger partial charge in [0.15, 0.2) is 0 Å². The summed E-state index contributed by atoms with van der Waals surface area (Å²) >= 11 is 3.54. The predicted octanol–water partition coefficient (Wildman–Crippen LogP) is 2.55. The normalized spacial score (nSPS) is 18.4. The van der Waals surface area contributed by atoms with Gasteiger partial charge < -0.3 is 9.64 Å². The number of hydrogen-bond donors (Lipinski definition) is 0. The first kappa shape index (κ1) is 11.5. The van der Waals surface area contributed by atoms with Gasteiger partial charge in [0.2, 0.25) is 0 Å². The summed E-state index contributed by atoms with van der Waals surface area (Å²) < 4.78 is 5.81. The van der Waals surface area contributed by atoms with Crippen molar-refractivity contribution < 1.29 is 9.53 Å². The van der Waals surface area contributed by atoms with E-state index in [1.54, 1.807) is 0 Å². The third-order valence-electron chi connectivity index (χ3n) is 2.97. The van der Waals surface area contributed by atoms with Crippen molar-refractivity contribution in [2.75, 3.05) is 25.6 Å². The van der Waals surface area contributed by atoms with Gasteiger partial charge in [-0.2, -0.15) is 0 Å². The SMILES string of the molecule is COC(=O)CC1CN(C)c2c(Br)cccc21. The molecule has 0 saturated heterocycles. The zero-order valence-corrected chi connectivity index (χ0v) is 11.0. The Morgan fingerprint density at radius 1 is 1.62 bits per heavy atom. The van der Waals surface area contributed by atoms with Crippen molar-refractivity contribution in [3.05, 3.63) is 28.2 Å². The number of halogens is 1. The van der Waals surface area contributed by atoms with Gasteiger partial charge in [0.1, 0.15) is 0 Å².